The van der Waals surface area contributed by atoms with E-state index >= 15 is 0 Å². The third-order valence-corrected chi connectivity index (χ3v) is 15.1. The molecule has 12 nitrogen and oxygen atoms in total. The summed E-state index contributed by atoms with van der Waals surface area (Å²) in [5.74, 6) is -1.46. The van der Waals surface area contributed by atoms with Crippen molar-refractivity contribution in [2.45, 2.75) is 99.7 Å². The summed E-state index contributed by atoms with van der Waals surface area (Å²) < 4.78 is 77.5. The summed E-state index contributed by atoms with van der Waals surface area (Å²) in [6, 6.07) is 15.4. The molecule has 0 aliphatic carbocycles. The maximum absolute atomic E-state index is 14.4. The normalized spacial score (nSPS) is 12.0. The molecule has 65 heavy (non-hydrogen) atoms. The molecule has 4 aromatic heterocycles. The van der Waals surface area contributed by atoms with Crippen molar-refractivity contribution in [2.75, 3.05) is 0 Å². The van der Waals surface area contributed by atoms with Crippen molar-refractivity contribution < 1.29 is 45.4 Å². The van der Waals surface area contributed by atoms with Gasteiger partial charge in [-0.05, 0) is 178 Å². The number of benzene rings is 2. The van der Waals surface area contributed by atoms with Crippen LogP contribution in [-0.4, -0.2) is 48.2 Å². The lowest BCUT2D eigenvalue weighted by Gasteiger charge is -2.18. The second-order valence-electron chi connectivity index (χ2n) is 16.5. The number of nitrogens with one attached hydrogen (secondary N) is 1. The lowest BCUT2D eigenvalue weighted by molar-refractivity contribution is -0.118. The number of carbonyl (C=O) groups is 2. The zero-order valence-corrected chi connectivity index (χ0v) is 40.9. The van der Waals surface area contributed by atoms with E-state index in [0.717, 1.165) is 39.4 Å². The number of hydrogen-bond acceptors (Lipinski definition) is 12. The fourth-order valence-electron chi connectivity index (χ4n) is 6.42. The lowest BCUT2D eigenvalue weighted by atomic mass is 9.88. The van der Waals surface area contributed by atoms with Crippen LogP contribution in [0.25, 0.3) is 22.3 Å². The van der Waals surface area contributed by atoms with Crippen molar-refractivity contribution in [1.29, 1.82) is 0 Å². The lowest BCUT2D eigenvalue weighted by Crippen LogP contribution is -2.32. The molecule has 0 radical (unpaired) electrons. The van der Waals surface area contributed by atoms with Gasteiger partial charge in [0.1, 0.15) is 20.1 Å². The largest absolute Gasteiger partial charge is 0.386 e. The predicted octanol–water partition coefficient (Wildman–Crippen LogP) is 9.29. The van der Waals surface area contributed by atoms with Crippen molar-refractivity contribution in [3.8, 4) is 22.3 Å². The van der Waals surface area contributed by atoms with Crippen LogP contribution in [0.2, 0.25) is 0 Å². The molecule has 6 aromatic rings. The van der Waals surface area contributed by atoms with Gasteiger partial charge in [-0.25, -0.2) is 35.5 Å². The molecule has 0 aliphatic rings. The molecule has 0 saturated heterocycles. The van der Waals surface area contributed by atoms with Crippen molar-refractivity contribution in [3.63, 3.8) is 0 Å². The summed E-state index contributed by atoms with van der Waals surface area (Å²) in [5, 5.41) is 27.2. The Morgan fingerprint density at radius 2 is 1.08 bits per heavy atom. The summed E-state index contributed by atoms with van der Waals surface area (Å²) in [4.78, 5) is 32.1. The molecule has 2 aromatic carbocycles. The molecule has 0 unspecified atom stereocenters. The van der Waals surface area contributed by atoms with E-state index in [1.807, 2.05) is 27.7 Å². The van der Waals surface area contributed by atoms with Gasteiger partial charge in [0, 0.05) is 31.2 Å². The first-order valence-electron chi connectivity index (χ1n) is 19.9. The van der Waals surface area contributed by atoms with Crippen LogP contribution in [0.3, 0.4) is 0 Å². The van der Waals surface area contributed by atoms with Crippen LogP contribution in [0.15, 0.2) is 105 Å². The summed E-state index contributed by atoms with van der Waals surface area (Å²) in [7, 11) is -7.75. The van der Waals surface area contributed by atoms with Gasteiger partial charge in [0.2, 0.25) is 21.2 Å². The van der Waals surface area contributed by atoms with Gasteiger partial charge in [-0.3, -0.25) is 19.6 Å². The number of hydrogen-bond donors (Lipinski definition) is 4. The second-order valence-corrected chi connectivity index (χ2v) is 22.5. The Hall–Kier alpha value is -4.79. The summed E-state index contributed by atoms with van der Waals surface area (Å²) in [5.41, 5.74) is 4.28. The number of nitrogens with zero attached hydrogens (tertiary/aromatic N) is 2. The number of thiophene rings is 2. The van der Waals surface area contributed by atoms with E-state index in [4.69, 9.17) is 16.7 Å². The zero-order chi connectivity index (χ0) is 48.7. The molecule has 5 N–H and O–H groups in total. The molecular weight excluding hydrogens is 938 g/mol. The zero-order valence-electron chi connectivity index (χ0n) is 36.9. The molecular formula is C46H51ClF2N4O8S4. The van der Waals surface area contributed by atoms with Crippen molar-refractivity contribution in [3.05, 3.63) is 141 Å². The average Bonchev–Trinajstić information content (AvgIpc) is 3.93. The molecule has 4 heterocycles. The smallest absolute Gasteiger partial charge is 0.273 e. The van der Waals surface area contributed by atoms with E-state index in [-0.39, 0.29) is 38.9 Å². The topological polar surface area (TPSA) is 207 Å². The summed E-state index contributed by atoms with van der Waals surface area (Å²) >= 11 is 7.48. The Balaban J connectivity index is 0.000000238. The Bertz CT molecular complexity index is 2840. The third-order valence-electron chi connectivity index (χ3n) is 9.74. The monoisotopic (exact) mass is 988 g/mol. The number of aliphatic hydroxyl groups is 2. The summed E-state index contributed by atoms with van der Waals surface area (Å²) in [6.45, 7) is 14.0. The van der Waals surface area contributed by atoms with Crippen LogP contribution in [0.4, 0.5) is 8.78 Å². The van der Waals surface area contributed by atoms with Crippen LogP contribution in [0.1, 0.15) is 101 Å². The molecule has 0 aliphatic heterocycles. The molecule has 0 atom stereocenters. The Labute approximate surface area is 391 Å². The number of nitrogens with two attached hydrogens (primary N) is 1. The highest BCUT2D eigenvalue weighted by molar-refractivity contribution is 7.92. The van der Waals surface area contributed by atoms with Gasteiger partial charge >= 0.3 is 0 Å². The fourth-order valence-corrected chi connectivity index (χ4v) is 10.6. The Morgan fingerprint density at radius 1 is 0.692 bits per heavy atom. The van der Waals surface area contributed by atoms with Gasteiger partial charge in [0.25, 0.3) is 10.0 Å². The first kappa shape index (κ1) is 52.8. The van der Waals surface area contributed by atoms with Crippen LogP contribution in [0.5, 0.6) is 0 Å². The van der Waals surface area contributed by atoms with E-state index in [2.05, 4.69) is 14.7 Å². The fraction of sp³-hybridized carbons (Fsp3) is 0.304. The van der Waals surface area contributed by atoms with E-state index in [0.29, 0.717) is 38.9 Å². The number of halogens is 3. The van der Waals surface area contributed by atoms with E-state index in [1.165, 1.54) is 41.8 Å². The number of primary sulfonamides is 1. The molecule has 0 saturated carbocycles. The van der Waals surface area contributed by atoms with E-state index in [9.17, 15) is 45.4 Å². The van der Waals surface area contributed by atoms with Gasteiger partial charge < -0.3 is 10.2 Å². The van der Waals surface area contributed by atoms with Gasteiger partial charge in [0.15, 0.2) is 0 Å². The number of amides is 1. The van der Waals surface area contributed by atoms with Crippen molar-refractivity contribution >= 4 is 65.5 Å². The van der Waals surface area contributed by atoms with Crippen molar-refractivity contribution in [1.82, 2.24) is 14.7 Å². The van der Waals surface area contributed by atoms with E-state index in [1.54, 1.807) is 82.1 Å². The first-order valence-corrected chi connectivity index (χ1v) is 25.1. The first-order chi connectivity index (χ1) is 30.1. The minimum atomic E-state index is -4.11. The van der Waals surface area contributed by atoms with Gasteiger partial charge in [0.05, 0.1) is 17.6 Å². The number of rotatable bonds is 13. The molecule has 348 valence electrons. The van der Waals surface area contributed by atoms with Crippen LogP contribution in [0, 0.1) is 11.6 Å². The van der Waals surface area contributed by atoms with Gasteiger partial charge in [-0.15, -0.1) is 22.7 Å². The molecule has 0 bridgehead atoms. The predicted molar refractivity (Wildman–Crippen MR) is 252 cm³/mol. The average molecular weight is 990 g/mol. The summed E-state index contributed by atoms with van der Waals surface area (Å²) in [6.07, 6.45) is 6.27. The minimum Gasteiger partial charge on any atom is -0.386 e. The SMILES string of the molecule is CC(C)(O)c1csc(S(N)(=O)=O)c1.CC(C)c1cc(F)cc(-c2ccncc2)c1CC(=O)Cl.CC(C)c1cc(F)cc(-c2ccncc2)c1CC(=O)NS(=O)(=O)c1cc(C(C)(C)O)cs1. The third kappa shape index (κ3) is 14.9. The maximum atomic E-state index is 14.4. The van der Waals surface area contributed by atoms with Gasteiger partial charge in [-0.2, -0.15) is 0 Å². The molecule has 0 fully saturated rings. The number of sulfonamides is 2. The highest BCUT2D eigenvalue weighted by atomic mass is 35.5. The minimum absolute atomic E-state index is 0.0690. The van der Waals surface area contributed by atoms with Crippen LogP contribution >= 0.6 is 34.3 Å². The number of carbonyl (C=O) groups excluding carboxylic acids is 2. The van der Waals surface area contributed by atoms with Crippen LogP contribution in [-0.2, 0) is 53.7 Å². The van der Waals surface area contributed by atoms with Crippen molar-refractivity contribution in [2.24, 2.45) is 5.14 Å². The highest BCUT2D eigenvalue weighted by Gasteiger charge is 2.27. The van der Waals surface area contributed by atoms with E-state index < -0.39 is 48.2 Å². The molecule has 6 rings (SSSR count). The standard InChI is InChI=1S/C23H25FN2O4S2.C16H15ClFNO.C7H11NO3S2/c1-14(2)18-10-17(24)11-19(15-5-7-25-8-6-15)20(18)12-21(27)26-32(29,30)22-9-16(13-31-22)23(3,4)28;1-10(2)13-7-12(18)8-14(15(13)9-16(17)20)11-3-5-19-6-4-11;1-7(2,9)5-3-6(12-4-5)13(8,10)11/h5-11,13-14,28H,12H2,1-4H3,(H,26,27);3-8,10H,9H2,1-2H3;3-4,9H,1-2H3,(H2,8,10,11). The molecule has 1 amide bonds. The van der Waals surface area contributed by atoms with Crippen LogP contribution < -0.4 is 9.86 Å². The molecule has 0 spiro atoms. The Kier molecular flexibility index (Phi) is 17.6. The quantitative estimate of drug-likeness (QED) is 0.0807. The second kappa shape index (κ2) is 21.7. The Morgan fingerprint density at radius 3 is 1.42 bits per heavy atom. The number of pyridine rings is 2. The maximum Gasteiger partial charge on any atom is 0.273 e. The highest BCUT2D eigenvalue weighted by Crippen LogP contribution is 2.34. The number of aromatic nitrogens is 2. The molecule has 19 heteroatoms. The van der Waals surface area contributed by atoms with Gasteiger partial charge in [-0.1, -0.05) is 27.7 Å².